The first kappa shape index (κ1) is 21.3. The van der Waals surface area contributed by atoms with Crippen molar-refractivity contribution in [2.75, 3.05) is 72.7 Å². The third kappa shape index (κ3) is 19.3. The molecule has 0 unspecified atom stereocenters. The fourth-order valence-electron chi connectivity index (χ4n) is 1.42. The molecular weight excluding hydrogens is 288 g/mol. The highest BCUT2D eigenvalue weighted by Crippen LogP contribution is 1.88. The van der Waals surface area contributed by atoms with Gasteiger partial charge in [0.2, 0.25) is 0 Å². The van der Waals surface area contributed by atoms with Crippen molar-refractivity contribution >= 4 is 0 Å². The van der Waals surface area contributed by atoms with Crippen molar-refractivity contribution in [1.29, 1.82) is 0 Å². The number of hydrogen-bond donors (Lipinski definition) is 0. The average Bonchev–Trinajstić information content (AvgIpc) is 2.54. The summed E-state index contributed by atoms with van der Waals surface area (Å²) < 4.78 is 31.7. The molecule has 6 heteroatoms. The topological polar surface area (TPSA) is 55.4 Å². The molecule has 0 aliphatic rings. The summed E-state index contributed by atoms with van der Waals surface area (Å²) in [5.41, 5.74) is 0. The van der Waals surface area contributed by atoms with Crippen molar-refractivity contribution < 1.29 is 28.4 Å². The molecule has 0 aromatic heterocycles. The lowest BCUT2D eigenvalue weighted by Gasteiger charge is -2.07. The molecule has 0 radical (unpaired) electrons. The third-order valence-electron chi connectivity index (χ3n) is 2.59. The van der Waals surface area contributed by atoms with Gasteiger partial charge in [-0.3, -0.25) is 0 Å². The molecule has 0 saturated carbocycles. The van der Waals surface area contributed by atoms with E-state index in [-0.39, 0.29) is 0 Å². The van der Waals surface area contributed by atoms with Crippen LogP contribution in [0.3, 0.4) is 0 Å². The largest absolute Gasteiger partial charge is 0.499 e. The van der Waals surface area contributed by atoms with Crippen molar-refractivity contribution in [3.63, 3.8) is 0 Å². The first-order chi connectivity index (χ1) is 10.9. The van der Waals surface area contributed by atoms with Crippen molar-refractivity contribution in [2.24, 2.45) is 0 Å². The summed E-state index contributed by atoms with van der Waals surface area (Å²) in [5, 5.41) is 0. The number of hydrogen-bond acceptors (Lipinski definition) is 6. The van der Waals surface area contributed by atoms with Crippen LogP contribution in [-0.4, -0.2) is 72.7 Å². The van der Waals surface area contributed by atoms with Gasteiger partial charge in [0.1, 0.15) is 6.61 Å². The van der Waals surface area contributed by atoms with E-state index in [4.69, 9.17) is 28.4 Å². The van der Waals surface area contributed by atoms with Crippen molar-refractivity contribution in [3.05, 3.63) is 12.8 Å². The molecule has 0 rings (SSSR count). The second-order valence-corrected chi connectivity index (χ2v) is 4.45. The summed E-state index contributed by atoms with van der Waals surface area (Å²) in [7, 11) is 0. The lowest BCUT2D eigenvalue weighted by Crippen LogP contribution is -2.13. The normalized spacial score (nSPS) is 10.8. The van der Waals surface area contributed by atoms with Gasteiger partial charge < -0.3 is 28.4 Å². The molecule has 0 aliphatic heterocycles. The lowest BCUT2D eigenvalue weighted by atomic mass is 10.4. The Morgan fingerprint density at radius 1 is 0.591 bits per heavy atom. The zero-order valence-electron chi connectivity index (χ0n) is 13.9. The highest BCUT2D eigenvalue weighted by Gasteiger charge is 1.93. The van der Waals surface area contributed by atoms with E-state index in [2.05, 4.69) is 13.5 Å². The molecule has 0 aliphatic carbocycles. The Morgan fingerprint density at radius 3 is 1.32 bits per heavy atom. The van der Waals surface area contributed by atoms with Crippen LogP contribution in [0.15, 0.2) is 12.8 Å². The van der Waals surface area contributed by atoms with Gasteiger partial charge in [0.25, 0.3) is 0 Å². The summed E-state index contributed by atoms with van der Waals surface area (Å²) in [6, 6.07) is 0. The second kappa shape index (κ2) is 20.3. The summed E-state index contributed by atoms with van der Waals surface area (Å²) in [4.78, 5) is 0. The van der Waals surface area contributed by atoms with Gasteiger partial charge in [0.05, 0.1) is 65.7 Å². The van der Waals surface area contributed by atoms with Gasteiger partial charge in [-0.1, -0.05) is 19.9 Å². The van der Waals surface area contributed by atoms with Crippen LogP contribution in [0.1, 0.15) is 19.8 Å². The summed E-state index contributed by atoms with van der Waals surface area (Å²) in [6.07, 6.45) is 3.67. The minimum atomic E-state index is 0.524. The van der Waals surface area contributed by atoms with Gasteiger partial charge in [0, 0.05) is 6.61 Å². The molecule has 0 aromatic rings. The Kier molecular flexibility index (Phi) is 19.7. The van der Waals surface area contributed by atoms with Crippen molar-refractivity contribution in [1.82, 2.24) is 0 Å². The summed E-state index contributed by atoms with van der Waals surface area (Å²) in [5.74, 6) is 0. The van der Waals surface area contributed by atoms with E-state index in [9.17, 15) is 0 Å². The van der Waals surface area contributed by atoms with Crippen LogP contribution in [-0.2, 0) is 28.4 Å². The van der Waals surface area contributed by atoms with E-state index in [0.29, 0.717) is 66.1 Å². The minimum absolute atomic E-state index is 0.524. The van der Waals surface area contributed by atoms with Crippen LogP contribution >= 0.6 is 0 Å². The Labute approximate surface area is 134 Å². The summed E-state index contributed by atoms with van der Waals surface area (Å²) >= 11 is 0. The van der Waals surface area contributed by atoms with Gasteiger partial charge in [-0.05, 0) is 6.42 Å². The van der Waals surface area contributed by atoms with Crippen molar-refractivity contribution in [2.45, 2.75) is 19.8 Å². The molecule has 132 valence electrons. The molecule has 0 heterocycles. The van der Waals surface area contributed by atoms with E-state index in [0.717, 1.165) is 19.4 Å². The Bertz CT molecular complexity index is 213. The molecule has 0 amide bonds. The van der Waals surface area contributed by atoms with E-state index in [1.807, 2.05) is 0 Å². The maximum atomic E-state index is 5.38. The quantitative estimate of drug-likeness (QED) is 0.268. The molecule has 0 bridgehead atoms. The zero-order chi connectivity index (χ0) is 16.1. The minimum Gasteiger partial charge on any atom is -0.499 e. The molecule has 0 N–H and O–H groups in total. The molecule has 6 nitrogen and oxygen atoms in total. The predicted molar refractivity (Wildman–Crippen MR) is 85.2 cm³/mol. The smallest absolute Gasteiger partial charge is 0.111 e. The van der Waals surface area contributed by atoms with Crippen LogP contribution in [0.25, 0.3) is 0 Å². The molecular formula is C16H32O6. The van der Waals surface area contributed by atoms with E-state index in [1.165, 1.54) is 6.26 Å². The average molecular weight is 320 g/mol. The van der Waals surface area contributed by atoms with Crippen LogP contribution in [0, 0.1) is 0 Å². The SMILES string of the molecule is C=COCCOCCOCCOCCOCCOCCCC. The fraction of sp³-hybridized carbons (Fsp3) is 0.875. The Hall–Kier alpha value is -0.660. The zero-order valence-corrected chi connectivity index (χ0v) is 13.9. The molecule has 22 heavy (non-hydrogen) atoms. The van der Waals surface area contributed by atoms with Crippen LogP contribution in [0.5, 0.6) is 0 Å². The Morgan fingerprint density at radius 2 is 0.955 bits per heavy atom. The molecule has 0 atom stereocenters. The number of rotatable bonds is 19. The molecule has 0 saturated heterocycles. The molecule has 0 spiro atoms. The van der Waals surface area contributed by atoms with E-state index >= 15 is 0 Å². The van der Waals surface area contributed by atoms with E-state index < -0.39 is 0 Å². The number of ether oxygens (including phenoxy) is 6. The van der Waals surface area contributed by atoms with Gasteiger partial charge >= 0.3 is 0 Å². The standard InChI is InChI=1S/C16H32O6/c1-3-5-6-18-9-10-20-13-14-22-16-15-21-12-11-19-8-7-17-4-2/h4H,2-3,5-16H2,1H3. The van der Waals surface area contributed by atoms with Crippen molar-refractivity contribution in [3.8, 4) is 0 Å². The monoisotopic (exact) mass is 320 g/mol. The van der Waals surface area contributed by atoms with Crippen LogP contribution in [0.2, 0.25) is 0 Å². The molecule has 0 aromatic carbocycles. The maximum absolute atomic E-state index is 5.38. The number of unbranched alkanes of at least 4 members (excludes halogenated alkanes) is 1. The Balaban J connectivity index is 2.92. The van der Waals surface area contributed by atoms with E-state index in [1.54, 1.807) is 0 Å². The van der Waals surface area contributed by atoms with Gasteiger partial charge in [-0.15, -0.1) is 0 Å². The maximum Gasteiger partial charge on any atom is 0.111 e. The predicted octanol–water partition coefficient (Wildman–Crippen LogP) is 2.03. The highest BCUT2D eigenvalue weighted by molar-refractivity contribution is 4.47. The fourth-order valence-corrected chi connectivity index (χ4v) is 1.42. The second-order valence-electron chi connectivity index (χ2n) is 4.45. The molecule has 0 fully saturated rings. The first-order valence-electron chi connectivity index (χ1n) is 8.03. The highest BCUT2D eigenvalue weighted by atomic mass is 16.6. The van der Waals surface area contributed by atoms with Gasteiger partial charge in [-0.25, -0.2) is 0 Å². The van der Waals surface area contributed by atoms with Crippen LogP contribution in [0.4, 0.5) is 0 Å². The lowest BCUT2D eigenvalue weighted by molar-refractivity contribution is -0.0137. The third-order valence-corrected chi connectivity index (χ3v) is 2.59. The van der Waals surface area contributed by atoms with Gasteiger partial charge in [-0.2, -0.15) is 0 Å². The van der Waals surface area contributed by atoms with Gasteiger partial charge in [0.15, 0.2) is 0 Å². The summed E-state index contributed by atoms with van der Waals surface area (Å²) in [6.45, 7) is 12.2. The first-order valence-corrected chi connectivity index (χ1v) is 8.03. The van der Waals surface area contributed by atoms with Crippen LogP contribution < -0.4 is 0 Å².